The predicted molar refractivity (Wildman–Crippen MR) is 259 cm³/mol. The number of hydrogen-bond acceptors (Lipinski definition) is 3. The van der Waals surface area contributed by atoms with Gasteiger partial charge in [0.15, 0.2) is 0 Å². The van der Waals surface area contributed by atoms with Gasteiger partial charge in [-0.2, -0.15) is 0 Å². The Hall–Kier alpha value is -4.42. The van der Waals surface area contributed by atoms with E-state index in [9.17, 15) is 0 Å². The maximum Gasteiger partial charge on any atom is 0.0553 e. The lowest BCUT2D eigenvalue weighted by Crippen LogP contribution is -2.11. The molecule has 288 valence electrons. The van der Waals surface area contributed by atoms with Gasteiger partial charge < -0.3 is 9.97 Å². The summed E-state index contributed by atoms with van der Waals surface area (Å²) in [5.74, 6) is 0. The van der Waals surface area contributed by atoms with E-state index in [1.165, 1.54) is 116 Å². The van der Waals surface area contributed by atoms with Gasteiger partial charge in [0, 0.05) is 71.3 Å². The van der Waals surface area contributed by atoms with Crippen molar-refractivity contribution in [3.63, 3.8) is 0 Å². The van der Waals surface area contributed by atoms with Crippen LogP contribution in [0, 0.1) is 0 Å². The van der Waals surface area contributed by atoms with Crippen molar-refractivity contribution in [2.24, 2.45) is 0 Å². The quantitative estimate of drug-likeness (QED) is 0.153. The maximum absolute atomic E-state index is 4.08. The van der Waals surface area contributed by atoms with E-state index in [0.29, 0.717) is 0 Å². The second kappa shape index (κ2) is 12.1. The van der Waals surface area contributed by atoms with Crippen LogP contribution in [0.5, 0.6) is 0 Å². The van der Waals surface area contributed by atoms with E-state index in [4.69, 9.17) is 0 Å². The van der Waals surface area contributed by atoms with Gasteiger partial charge in [-0.15, -0.1) is 34.0 Å². The first-order valence-electron chi connectivity index (χ1n) is 20.3. The molecule has 2 N–H and O–H groups in total. The maximum atomic E-state index is 4.08. The average molecular weight is 801 g/mol. The zero-order chi connectivity index (χ0) is 40.1. The van der Waals surface area contributed by atoms with Gasteiger partial charge >= 0.3 is 0 Å². The van der Waals surface area contributed by atoms with Crippen LogP contribution >= 0.6 is 34.0 Å². The summed E-state index contributed by atoms with van der Waals surface area (Å²) in [5.41, 5.74) is 10.3. The third kappa shape index (κ3) is 5.90. The number of H-pyrrole nitrogens is 2. The van der Waals surface area contributed by atoms with Crippen molar-refractivity contribution in [2.45, 2.75) is 105 Å². The van der Waals surface area contributed by atoms with Gasteiger partial charge in [-0.3, -0.25) is 0 Å². The fourth-order valence-corrected chi connectivity index (χ4v) is 11.8. The Morgan fingerprint density at radius 3 is 0.702 bits per heavy atom. The Kier molecular flexibility index (Phi) is 7.81. The number of aromatic amines is 2. The van der Waals surface area contributed by atoms with E-state index in [2.05, 4.69) is 178 Å². The molecule has 10 aromatic rings. The Morgan fingerprint density at radius 2 is 0.474 bits per heavy atom. The molecule has 0 atom stereocenters. The summed E-state index contributed by atoms with van der Waals surface area (Å²) in [4.78, 5) is 8.15. The fourth-order valence-electron chi connectivity index (χ4n) is 8.57. The lowest BCUT2D eigenvalue weighted by molar-refractivity contribution is 0.591. The van der Waals surface area contributed by atoms with Gasteiger partial charge in [0.2, 0.25) is 0 Å². The summed E-state index contributed by atoms with van der Waals surface area (Å²) in [6, 6.07) is 33.8. The second-order valence-electron chi connectivity index (χ2n) is 20.5. The van der Waals surface area contributed by atoms with E-state index in [0.717, 1.165) is 0 Å². The van der Waals surface area contributed by atoms with E-state index >= 15 is 0 Å². The molecule has 10 bridgehead atoms. The van der Waals surface area contributed by atoms with E-state index in [1.807, 2.05) is 34.0 Å². The summed E-state index contributed by atoms with van der Waals surface area (Å²) >= 11 is 5.74. The van der Waals surface area contributed by atoms with Crippen molar-refractivity contribution in [1.82, 2.24) is 9.97 Å². The minimum Gasteiger partial charge on any atom is -0.353 e. The van der Waals surface area contributed by atoms with Crippen molar-refractivity contribution in [3.05, 3.63) is 107 Å². The van der Waals surface area contributed by atoms with Crippen molar-refractivity contribution >= 4 is 127 Å². The van der Waals surface area contributed by atoms with Gasteiger partial charge in [-0.05, 0) is 129 Å². The van der Waals surface area contributed by atoms with Gasteiger partial charge in [0.1, 0.15) is 0 Å². The molecule has 0 aliphatic heterocycles. The van der Waals surface area contributed by atoms with Crippen LogP contribution in [0.2, 0.25) is 0 Å². The smallest absolute Gasteiger partial charge is 0.0553 e. The van der Waals surface area contributed by atoms with Crippen LogP contribution in [0.15, 0.2) is 84.9 Å². The van der Waals surface area contributed by atoms with Crippen LogP contribution in [-0.2, 0) is 21.7 Å². The molecule has 4 aromatic carbocycles. The highest BCUT2D eigenvalue weighted by Crippen LogP contribution is 2.45. The molecule has 5 heteroatoms. The lowest BCUT2D eigenvalue weighted by atomic mass is 9.84. The lowest BCUT2D eigenvalue weighted by Gasteiger charge is -2.20. The Bertz CT molecular complexity index is 3150. The minimum atomic E-state index is -0.0196. The normalized spacial score (nSPS) is 13.6. The number of fused-ring (bicyclic) bond motifs is 13. The van der Waals surface area contributed by atoms with Crippen LogP contribution in [0.4, 0.5) is 0 Å². The molecule has 6 heterocycles. The van der Waals surface area contributed by atoms with Crippen molar-refractivity contribution in [3.8, 4) is 0 Å². The molecule has 0 amide bonds. The van der Waals surface area contributed by atoms with Crippen molar-refractivity contribution in [1.29, 1.82) is 0 Å². The molecule has 57 heavy (non-hydrogen) atoms. The molecule has 10 rings (SSSR count). The third-order valence-electron chi connectivity index (χ3n) is 12.2. The van der Waals surface area contributed by atoms with Crippen LogP contribution in [0.25, 0.3) is 93.4 Å². The molecule has 0 aliphatic carbocycles. The molecule has 0 radical (unpaired) electrons. The molecule has 0 aliphatic rings. The zero-order valence-electron chi connectivity index (χ0n) is 35.3. The van der Waals surface area contributed by atoms with Gasteiger partial charge in [-0.25, -0.2) is 0 Å². The van der Waals surface area contributed by atoms with Gasteiger partial charge in [-0.1, -0.05) is 83.1 Å². The number of thiophene rings is 3. The Labute approximate surface area is 347 Å². The summed E-state index contributed by atoms with van der Waals surface area (Å²) in [7, 11) is 0. The highest BCUT2D eigenvalue weighted by atomic mass is 32.1. The van der Waals surface area contributed by atoms with E-state index in [-0.39, 0.29) is 21.7 Å². The summed E-state index contributed by atoms with van der Waals surface area (Å²) in [5, 5.41) is 10.4. The summed E-state index contributed by atoms with van der Waals surface area (Å²) in [6.45, 7) is 28.1. The molecule has 0 saturated carbocycles. The first-order valence-corrected chi connectivity index (χ1v) is 22.8. The number of benzene rings is 4. The first-order chi connectivity index (χ1) is 26.7. The van der Waals surface area contributed by atoms with Crippen LogP contribution in [0.3, 0.4) is 0 Å². The fraction of sp³-hybridized carbons (Fsp3) is 0.308. The Balaban J connectivity index is 1.49. The van der Waals surface area contributed by atoms with Crippen molar-refractivity contribution in [2.75, 3.05) is 0 Å². The number of rotatable bonds is 0. The first kappa shape index (κ1) is 36.9. The molecule has 0 spiro atoms. The topological polar surface area (TPSA) is 31.6 Å². The average Bonchev–Trinajstić information content (AvgIpc) is 3.96. The monoisotopic (exact) mass is 800 g/mol. The highest BCUT2D eigenvalue weighted by Gasteiger charge is 2.24. The number of aromatic nitrogens is 2. The second-order valence-corrected chi connectivity index (χ2v) is 23.8. The van der Waals surface area contributed by atoms with E-state index in [1.54, 1.807) is 0 Å². The molecule has 2 nitrogen and oxygen atoms in total. The molecule has 6 aromatic heterocycles. The highest BCUT2D eigenvalue weighted by molar-refractivity contribution is 7.31. The SMILES string of the molecule is CC(C)(C)c1cc2c3ccc(s3)c3ccc(s3)c3cc(C(C)(C)C)cc4c5cc(C(C)(C)C)cc(c6ccc(s6)c6cc(C(C)(C)C)cc7c(c1)c2[nH]c67)c5[nH]c34. The number of hydrogen-bond donors (Lipinski definition) is 2. The van der Waals surface area contributed by atoms with Crippen LogP contribution < -0.4 is 0 Å². The largest absolute Gasteiger partial charge is 0.353 e. The minimum absolute atomic E-state index is 0.00717. The third-order valence-corrected chi connectivity index (χ3v) is 15.8. The number of nitrogens with one attached hydrogen (secondary N) is 2. The van der Waals surface area contributed by atoms with E-state index < -0.39 is 0 Å². The molecular formula is C52H52N2S3. The zero-order valence-corrected chi connectivity index (χ0v) is 37.8. The summed E-state index contributed by atoms with van der Waals surface area (Å²) < 4.78 is 7.78. The van der Waals surface area contributed by atoms with Crippen molar-refractivity contribution < 1.29 is 0 Å². The molecular weight excluding hydrogens is 749 g/mol. The molecule has 0 saturated heterocycles. The van der Waals surface area contributed by atoms with Crippen LogP contribution in [-0.4, -0.2) is 9.97 Å². The van der Waals surface area contributed by atoms with Crippen LogP contribution in [0.1, 0.15) is 105 Å². The van der Waals surface area contributed by atoms with Gasteiger partial charge in [0.25, 0.3) is 0 Å². The summed E-state index contributed by atoms with van der Waals surface area (Å²) in [6.07, 6.45) is 0. The molecule has 0 unspecified atom stereocenters. The predicted octanol–water partition coefficient (Wildman–Crippen LogP) is 17.2. The Morgan fingerprint density at radius 1 is 0.281 bits per heavy atom. The standard InChI is InChI=1S/C52H52N2S3/c1-49(2,3)27-19-31-33-21-29(51(7,8)9)25-37-41-15-17-43(56-41)44-18-16-42(57-44)38-26-30(52(10,11)12)22-34-32-20-28(50(4,5)6)24-36(46(32)54-48(34)38)40-14-13-39(55-40)35(23-27)45(31)53-47(33)37/h13-26,53-54H,1-12H3. The molecule has 0 fully saturated rings. The van der Waals surface area contributed by atoms with Gasteiger partial charge in [0.05, 0.1) is 22.1 Å².